The zero-order valence-electron chi connectivity index (χ0n) is 12.3. The zero-order valence-corrected chi connectivity index (χ0v) is 13.8. The zero-order chi connectivity index (χ0) is 15.2. The summed E-state index contributed by atoms with van der Waals surface area (Å²) in [5, 5.41) is 0.858. The van der Waals surface area contributed by atoms with Crippen molar-refractivity contribution in [3.8, 4) is 0 Å². The van der Waals surface area contributed by atoms with Crippen molar-refractivity contribution in [2.45, 2.75) is 6.54 Å². The molecule has 0 radical (unpaired) electrons. The topological polar surface area (TPSA) is 19.4 Å². The summed E-state index contributed by atoms with van der Waals surface area (Å²) in [5.41, 5.74) is 2.24. The van der Waals surface area contributed by atoms with Crippen LogP contribution in [0.5, 0.6) is 0 Å². The van der Waals surface area contributed by atoms with Gasteiger partial charge in [0.2, 0.25) is 0 Å². The standard InChI is InChI=1S/C16H19Cl2N3/c1-20(2)8-9-21(14-6-4-3-5-7-14)12-13-10-15(17)19-16(18)11-13/h3-7,10-11H,8-9,12H2,1-2H3. The molecular weight excluding hydrogens is 305 g/mol. The van der Waals surface area contributed by atoms with E-state index in [-0.39, 0.29) is 0 Å². The molecule has 21 heavy (non-hydrogen) atoms. The van der Waals surface area contributed by atoms with E-state index in [1.807, 2.05) is 30.3 Å². The number of anilines is 1. The van der Waals surface area contributed by atoms with E-state index in [0.717, 1.165) is 25.2 Å². The number of hydrogen-bond acceptors (Lipinski definition) is 3. The Morgan fingerprint density at radius 3 is 2.14 bits per heavy atom. The predicted octanol–water partition coefficient (Wildman–Crippen LogP) is 3.96. The molecule has 0 bridgehead atoms. The highest BCUT2D eigenvalue weighted by Gasteiger charge is 2.09. The lowest BCUT2D eigenvalue weighted by atomic mass is 10.2. The summed E-state index contributed by atoms with van der Waals surface area (Å²) in [4.78, 5) is 8.47. The Bertz CT molecular complexity index is 553. The van der Waals surface area contributed by atoms with E-state index in [2.05, 4.69) is 41.0 Å². The molecule has 0 fully saturated rings. The van der Waals surface area contributed by atoms with Crippen LogP contribution in [-0.2, 0) is 6.54 Å². The number of pyridine rings is 1. The molecule has 0 N–H and O–H groups in total. The van der Waals surface area contributed by atoms with E-state index in [4.69, 9.17) is 23.2 Å². The quantitative estimate of drug-likeness (QED) is 0.750. The summed E-state index contributed by atoms with van der Waals surface area (Å²) in [6.45, 7) is 2.65. The largest absolute Gasteiger partial charge is 0.366 e. The van der Waals surface area contributed by atoms with Crippen LogP contribution in [0.15, 0.2) is 42.5 Å². The Kier molecular flexibility index (Phi) is 5.85. The fraction of sp³-hybridized carbons (Fsp3) is 0.312. The molecule has 112 valence electrons. The molecule has 0 atom stereocenters. The van der Waals surface area contributed by atoms with Crippen LogP contribution in [0.4, 0.5) is 5.69 Å². The number of halogens is 2. The van der Waals surface area contributed by atoms with Gasteiger partial charge in [-0.15, -0.1) is 0 Å². The van der Waals surface area contributed by atoms with E-state index < -0.39 is 0 Å². The lowest BCUT2D eigenvalue weighted by molar-refractivity contribution is 0.412. The van der Waals surface area contributed by atoms with Gasteiger partial charge in [0.05, 0.1) is 0 Å². The summed E-state index contributed by atoms with van der Waals surface area (Å²) < 4.78 is 0. The molecule has 1 aromatic carbocycles. The van der Waals surface area contributed by atoms with Gasteiger partial charge >= 0.3 is 0 Å². The van der Waals surface area contributed by atoms with E-state index in [1.54, 1.807) is 0 Å². The van der Waals surface area contributed by atoms with Crippen LogP contribution in [0.25, 0.3) is 0 Å². The molecule has 1 heterocycles. The van der Waals surface area contributed by atoms with Gasteiger partial charge in [0.1, 0.15) is 10.3 Å². The molecular formula is C16H19Cl2N3. The van der Waals surface area contributed by atoms with Gasteiger partial charge in [0.25, 0.3) is 0 Å². The fourth-order valence-corrected chi connectivity index (χ4v) is 2.59. The summed E-state index contributed by atoms with van der Waals surface area (Å²) >= 11 is 12.0. The molecule has 5 heteroatoms. The van der Waals surface area contributed by atoms with Crippen molar-refractivity contribution < 1.29 is 0 Å². The predicted molar refractivity (Wildman–Crippen MR) is 90.3 cm³/mol. The van der Waals surface area contributed by atoms with Crippen molar-refractivity contribution in [1.29, 1.82) is 0 Å². The maximum Gasteiger partial charge on any atom is 0.131 e. The van der Waals surface area contributed by atoms with E-state index >= 15 is 0 Å². The summed E-state index contributed by atoms with van der Waals surface area (Å²) in [6.07, 6.45) is 0. The first-order valence-corrected chi connectivity index (χ1v) is 7.57. The minimum absolute atomic E-state index is 0.429. The van der Waals surface area contributed by atoms with Crippen LogP contribution in [0.1, 0.15) is 5.56 Å². The smallest absolute Gasteiger partial charge is 0.131 e. The lowest BCUT2D eigenvalue weighted by Gasteiger charge is -2.26. The molecule has 0 saturated heterocycles. The van der Waals surface area contributed by atoms with Crippen LogP contribution in [-0.4, -0.2) is 37.1 Å². The summed E-state index contributed by atoms with van der Waals surface area (Å²) in [6, 6.07) is 14.1. The number of rotatable bonds is 6. The van der Waals surface area contributed by atoms with Crippen LogP contribution in [0.3, 0.4) is 0 Å². The minimum Gasteiger partial charge on any atom is -0.366 e. The normalized spacial score (nSPS) is 10.9. The molecule has 1 aromatic heterocycles. The highest BCUT2D eigenvalue weighted by Crippen LogP contribution is 2.20. The summed E-state index contributed by atoms with van der Waals surface area (Å²) in [7, 11) is 4.15. The van der Waals surface area contributed by atoms with Crippen molar-refractivity contribution in [2.75, 3.05) is 32.1 Å². The Hall–Kier alpha value is -1.29. The first kappa shape index (κ1) is 16.1. The van der Waals surface area contributed by atoms with Crippen LogP contribution in [0.2, 0.25) is 10.3 Å². The SMILES string of the molecule is CN(C)CCN(Cc1cc(Cl)nc(Cl)c1)c1ccccc1. The molecule has 2 aromatic rings. The average Bonchev–Trinajstić information content (AvgIpc) is 2.43. The van der Waals surface area contributed by atoms with Crippen LogP contribution in [0, 0.1) is 0 Å². The number of para-hydroxylation sites is 1. The first-order chi connectivity index (χ1) is 10.0. The van der Waals surface area contributed by atoms with Crippen molar-refractivity contribution in [3.05, 3.63) is 58.3 Å². The molecule has 0 spiro atoms. The maximum atomic E-state index is 5.98. The van der Waals surface area contributed by atoms with E-state index in [9.17, 15) is 0 Å². The first-order valence-electron chi connectivity index (χ1n) is 6.81. The Balaban J connectivity index is 2.19. The molecule has 0 aliphatic heterocycles. The highest BCUT2D eigenvalue weighted by molar-refractivity contribution is 6.32. The average molecular weight is 324 g/mol. The molecule has 3 nitrogen and oxygen atoms in total. The molecule has 0 amide bonds. The molecule has 2 rings (SSSR count). The van der Waals surface area contributed by atoms with Gasteiger partial charge in [-0.1, -0.05) is 41.4 Å². The Morgan fingerprint density at radius 1 is 0.952 bits per heavy atom. The number of aromatic nitrogens is 1. The third-order valence-corrected chi connectivity index (χ3v) is 3.52. The second-order valence-corrected chi connectivity index (χ2v) is 5.96. The van der Waals surface area contributed by atoms with Crippen molar-refractivity contribution in [3.63, 3.8) is 0 Å². The monoisotopic (exact) mass is 323 g/mol. The van der Waals surface area contributed by atoms with E-state index in [1.165, 1.54) is 5.69 Å². The Morgan fingerprint density at radius 2 is 1.57 bits per heavy atom. The number of nitrogens with zero attached hydrogens (tertiary/aromatic N) is 3. The molecule has 0 unspecified atom stereocenters. The second kappa shape index (κ2) is 7.64. The van der Waals surface area contributed by atoms with Crippen molar-refractivity contribution in [1.82, 2.24) is 9.88 Å². The van der Waals surface area contributed by atoms with Gasteiger partial charge < -0.3 is 9.80 Å². The lowest BCUT2D eigenvalue weighted by Crippen LogP contribution is -2.31. The third kappa shape index (κ3) is 5.20. The van der Waals surface area contributed by atoms with Gasteiger partial charge in [-0.05, 0) is 43.9 Å². The van der Waals surface area contributed by atoms with Crippen LogP contribution >= 0.6 is 23.2 Å². The second-order valence-electron chi connectivity index (χ2n) is 5.18. The van der Waals surface area contributed by atoms with Gasteiger partial charge in [-0.2, -0.15) is 0 Å². The Labute approximate surface area is 136 Å². The maximum absolute atomic E-state index is 5.98. The number of likely N-dealkylation sites (N-methyl/N-ethyl adjacent to an activating group) is 1. The highest BCUT2D eigenvalue weighted by atomic mass is 35.5. The molecule has 0 saturated carbocycles. The summed E-state index contributed by atoms with van der Waals surface area (Å²) in [5.74, 6) is 0. The minimum atomic E-state index is 0.429. The number of benzene rings is 1. The van der Waals surface area contributed by atoms with Crippen LogP contribution < -0.4 is 4.90 Å². The third-order valence-electron chi connectivity index (χ3n) is 3.13. The molecule has 0 aliphatic carbocycles. The van der Waals surface area contributed by atoms with Crippen molar-refractivity contribution >= 4 is 28.9 Å². The van der Waals surface area contributed by atoms with Gasteiger partial charge in [0, 0.05) is 25.3 Å². The van der Waals surface area contributed by atoms with Gasteiger partial charge in [-0.25, -0.2) is 4.98 Å². The van der Waals surface area contributed by atoms with E-state index in [0.29, 0.717) is 10.3 Å². The molecule has 0 aliphatic rings. The number of hydrogen-bond donors (Lipinski definition) is 0. The van der Waals surface area contributed by atoms with Crippen molar-refractivity contribution in [2.24, 2.45) is 0 Å². The van der Waals surface area contributed by atoms with Gasteiger partial charge in [0.15, 0.2) is 0 Å². The fourth-order valence-electron chi connectivity index (χ4n) is 2.08. The van der Waals surface area contributed by atoms with Gasteiger partial charge in [-0.3, -0.25) is 0 Å².